The second-order valence-corrected chi connectivity index (χ2v) is 6.19. The molecule has 1 rings (SSSR count). The Hall–Kier alpha value is -0.610. The molecule has 1 unspecified atom stereocenters. The molecular formula is C13H26N2O2. The van der Waals surface area contributed by atoms with E-state index in [0.29, 0.717) is 6.54 Å². The third-order valence-electron chi connectivity index (χ3n) is 3.14. The van der Waals surface area contributed by atoms with E-state index in [1.807, 2.05) is 0 Å². The Labute approximate surface area is 104 Å². The van der Waals surface area contributed by atoms with Gasteiger partial charge in [-0.25, -0.2) is 5.48 Å². The van der Waals surface area contributed by atoms with Crippen molar-refractivity contribution in [2.45, 2.75) is 59.0 Å². The van der Waals surface area contributed by atoms with E-state index in [4.69, 9.17) is 10.6 Å². The molecular weight excluding hydrogens is 216 g/mol. The molecule has 0 bridgehead atoms. The first kappa shape index (κ1) is 14.5. The van der Waals surface area contributed by atoms with Gasteiger partial charge in [0, 0.05) is 6.54 Å². The Morgan fingerprint density at radius 3 is 2.47 bits per heavy atom. The lowest BCUT2D eigenvalue weighted by Crippen LogP contribution is -2.38. The fraction of sp³-hybridized carbons (Fsp3) is 0.923. The summed E-state index contributed by atoms with van der Waals surface area (Å²) in [6.07, 6.45) is 5.47. The first-order valence-corrected chi connectivity index (χ1v) is 6.58. The zero-order valence-corrected chi connectivity index (χ0v) is 11.3. The van der Waals surface area contributed by atoms with Crippen molar-refractivity contribution in [1.82, 2.24) is 5.48 Å². The Bertz CT molecular complexity index is 242. The first-order valence-electron chi connectivity index (χ1n) is 6.58. The molecule has 1 fully saturated rings. The highest BCUT2D eigenvalue weighted by molar-refractivity contribution is 5.77. The van der Waals surface area contributed by atoms with Crippen LogP contribution in [0.1, 0.15) is 52.9 Å². The van der Waals surface area contributed by atoms with E-state index in [1.165, 1.54) is 12.8 Å². The molecule has 0 saturated heterocycles. The van der Waals surface area contributed by atoms with Crippen LogP contribution in [0.4, 0.5) is 0 Å². The average molecular weight is 242 g/mol. The largest absolute Gasteiger partial charge is 0.330 e. The van der Waals surface area contributed by atoms with E-state index in [1.54, 1.807) is 0 Å². The van der Waals surface area contributed by atoms with Gasteiger partial charge in [0.2, 0.25) is 5.91 Å². The summed E-state index contributed by atoms with van der Waals surface area (Å²) >= 11 is 0. The summed E-state index contributed by atoms with van der Waals surface area (Å²) in [6.45, 7) is 6.71. The summed E-state index contributed by atoms with van der Waals surface area (Å²) < 4.78 is 0. The molecule has 4 nitrogen and oxygen atoms in total. The molecule has 0 heterocycles. The minimum absolute atomic E-state index is 0.0747. The van der Waals surface area contributed by atoms with Crippen LogP contribution in [0, 0.1) is 11.3 Å². The smallest absolute Gasteiger partial charge is 0.247 e. The van der Waals surface area contributed by atoms with Gasteiger partial charge in [-0.15, -0.1) is 0 Å². The van der Waals surface area contributed by atoms with Crippen LogP contribution in [0.5, 0.6) is 0 Å². The van der Waals surface area contributed by atoms with Gasteiger partial charge in [-0.2, -0.15) is 0 Å². The number of hydroxylamine groups is 1. The summed E-state index contributed by atoms with van der Waals surface area (Å²) in [5.74, 6) is -0.231. The summed E-state index contributed by atoms with van der Waals surface area (Å²) in [4.78, 5) is 17.3. The van der Waals surface area contributed by atoms with Crippen molar-refractivity contribution in [2.75, 3.05) is 6.54 Å². The van der Waals surface area contributed by atoms with Crippen LogP contribution >= 0.6 is 0 Å². The predicted molar refractivity (Wildman–Crippen MR) is 68.1 cm³/mol. The molecule has 0 radical (unpaired) electrons. The molecule has 1 aliphatic carbocycles. The zero-order chi connectivity index (χ0) is 12.9. The van der Waals surface area contributed by atoms with Crippen molar-refractivity contribution in [3.63, 3.8) is 0 Å². The van der Waals surface area contributed by atoms with Gasteiger partial charge in [-0.05, 0) is 24.7 Å². The van der Waals surface area contributed by atoms with Crippen LogP contribution in [-0.4, -0.2) is 18.6 Å². The van der Waals surface area contributed by atoms with Crippen LogP contribution in [0.15, 0.2) is 0 Å². The molecule has 0 aromatic rings. The van der Waals surface area contributed by atoms with Crippen LogP contribution in [0.2, 0.25) is 0 Å². The topological polar surface area (TPSA) is 64.4 Å². The van der Waals surface area contributed by atoms with Crippen LogP contribution in [-0.2, 0) is 9.63 Å². The van der Waals surface area contributed by atoms with Crippen molar-refractivity contribution in [1.29, 1.82) is 0 Å². The van der Waals surface area contributed by atoms with Gasteiger partial charge >= 0.3 is 0 Å². The number of rotatable bonds is 5. The molecule has 100 valence electrons. The minimum Gasteiger partial charge on any atom is -0.330 e. The number of nitrogens with one attached hydrogen (secondary N) is 1. The predicted octanol–water partition coefficient (Wildman–Crippen LogP) is 1.99. The lowest BCUT2D eigenvalue weighted by Gasteiger charge is -2.24. The van der Waals surface area contributed by atoms with Crippen molar-refractivity contribution in [2.24, 2.45) is 17.1 Å². The average Bonchev–Trinajstić information content (AvgIpc) is 2.74. The molecule has 1 saturated carbocycles. The zero-order valence-electron chi connectivity index (χ0n) is 11.3. The molecule has 1 aliphatic rings. The number of carbonyl (C=O) groups excluding carboxylic acids is 1. The molecule has 4 heteroatoms. The van der Waals surface area contributed by atoms with Crippen molar-refractivity contribution in [3.8, 4) is 0 Å². The molecule has 0 spiro atoms. The number of carbonyl (C=O) groups is 1. The van der Waals surface area contributed by atoms with Gasteiger partial charge < -0.3 is 5.73 Å². The summed E-state index contributed by atoms with van der Waals surface area (Å²) in [7, 11) is 0. The molecule has 1 amide bonds. The molecule has 1 atom stereocenters. The van der Waals surface area contributed by atoms with Crippen molar-refractivity contribution < 1.29 is 9.63 Å². The van der Waals surface area contributed by atoms with Crippen LogP contribution in [0.25, 0.3) is 0 Å². The molecule has 0 aliphatic heterocycles. The minimum atomic E-state index is -0.156. The normalized spacial score (nSPS) is 19.3. The Morgan fingerprint density at radius 1 is 1.41 bits per heavy atom. The van der Waals surface area contributed by atoms with Crippen molar-refractivity contribution in [3.05, 3.63) is 0 Å². The number of hydrogen-bond donors (Lipinski definition) is 2. The number of nitrogens with two attached hydrogens (primary N) is 1. The third kappa shape index (κ3) is 5.50. The van der Waals surface area contributed by atoms with Crippen molar-refractivity contribution >= 4 is 5.91 Å². The summed E-state index contributed by atoms with van der Waals surface area (Å²) in [5, 5.41) is 0. The lowest BCUT2D eigenvalue weighted by molar-refractivity contribution is -0.143. The van der Waals surface area contributed by atoms with E-state index in [9.17, 15) is 4.79 Å². The molecule has 0 aromatic carbocycles. The molecule has 17 heavy (non-hydrogen) atoms. The van der Waals surface area contributed by atoms with Crippen LogP contribution in [0.3, 0.4) is 0 Å². The number of hydrogen-bond acceptors (Lipinski definition) is 3. The van der Waals surface area contributed by atoms with Gasteiger partial charge in [-0.3, -0.25) is 9.63 Å². The first-order chi connectivity index (χ1) is 7.92. The fourth-order valence-corrected chi connectivity index (χ4v) is 2.25. The second kappa shape index (κ2) is 6.36. The monoisotopic (exact) mass is 242 g/mol. The maximum atomic E-state index is 11.9. The second-order valence-electron chi connectivity index (χ2n) is 6.19. The quantitative estimate of drug-likeness (QED) is 0.725. The Kier molecular flexibility index (Phi) is 5.40. The maximum Gasteiger partial charge on any atom is 0.247 e. The van der Waals surface area contributed by atoms with Gasteiger partial charge in [0.25, 0.3) is 0 Å². The standard InChI is InChI=1S/C13H26N2O2/c1-13(2,3)8-10(9-14)12(16)15-17-11-6-4-5-7-11/h10-11H,4-9,14H2,1-3H3,(H,15,16). The van der Waals surface area contributed by atoms with Gasteiger partial charge in [0.15, 0.2) is 0 Å². The van der Waals surface area contributed by atoms with E-state index < -0.39 is 0 Å². The van der Waals surface area contributed by atoms with E-state index >= 15 is 0 Å². The van der Waals surface area contributed by atoms with E-state index in [-0.39, 0.29) is 23.3 Å². The number of amides is 1. The highest BCUT2D eigenvalue weighted by Crippen LogP contribution is 2.24. The Morgan fingerprint density at radius 2 is 2.00 bits per heavy atom. The molecule has 0 aromatic heterocycles. The third-order valence-corrected chi connectivity index (χ3v) is 3.14. The van der Waals surface area contributed by atoms with E-state index in [0.717, 1.165) is 19.3 Å². The Balaban J connectivity index is 2.32. The van der Waals surface area contributed by atoms with E-state index in [2.05, 4.69) is 26.3 Å². The van der Waals surface area contributed by atoms with Gasteiger partial charge in [-0.1, -0.05) is 33.6 Å². The van der Waals surface area contributed by atoms with Gasteiger partial charge in [0.05, 0.1) is 12.0 Å². The summed E-state index contributed by atoms with van der Waals surface area (Å²) in [5.41, 5.74) is 8.33. The fourth-order valence-electron chi connectivity index (χ4n) is 2.25. The highest BCUT2D eigenvalue weighted by atomic mass is 16.7. The highest BCUT2D eigenvalue weighted by Gasteiger charge is 2.25. The van der Waals surface area contributed by atoms with Crippen LogP contribution < -0.4 is 11.2 Å². The SMILES string of the molecule is CC(C)(C)CC(CN)C(=O)NOC1CCCC1. The molecule has 3 N–H and O–H groups in total. The maximum absolute atomic E-state index is 11.9. The summed E-state index contributed by atoms with van der Waals surface area (Å²) in [6, 6.07) is 0. The lowest BCUT2D eigenvalue weighted by atomic mass is 9.84. The van der Waals surface area contributed by atoms with Gasteiger partial charge in [0.1, 0.15) is 0 Å².